The fourth-order valence-corrected chi connectivity index (χ4v) is 5.52. The molecule has 0 amide bonds. The molecule has 4 aliphatic rings. The van der Waals surface area contributed by atoms with Gasteiger partial charge in [-0.15, -0.1) is 0 Å². The summed E-state index contributed by atoms with van der Waals surface area (Å²) in [5, 5.41) is 17.6. The van der Waals surface area contributed by atoms with Gasteiger partial charge in [-0.25, -0.2) is 0 Å². The third-order valence-electron chi connectivity index (χ3n) is 6.39. The average molecular weight is 345 g/mol. The maximum Gasteiger partial charge on any atom is 0.300 e. The normalized spacial score (nSPS) is 34.5. The summed E-state index contributed by atoms with van der Waals surface area (Å²) in [5.41, 5.74) is 2.26. The van der Waals surface area contributed by atoms with Gasteiger partial charge in [0.25, 0.3) is 5.97 Å². The zero-order valence-corrected chi connectivity index (χ0v) is 14.5. The highest BCUT2D eigenvalue weighted by atomic mass is 16.5. The number of phenols is 1. The number of ether oxygens (including phenoxy) is 1. The number of likely N-dealkylation sites (N-methyl/N-ethyl adjacent to an activating group) is 1. The first kappa shape index (κ1) is 16.4. The van der Waals surface area contributed by atoms with Gasteiger partial charge in [-0.3, -0.25) is 9.59 Å². The lowest BCUT2D eigenvalue weighted by Gasteiger charge is -2.57. The monoisotopic (exact) mass is 345 g/mol. The topological polar surface area (TPSA) is 87.1 Å². The number of likely N-dealkylation sites (tertiary alicyclic amines) is 1. The number of carboxylic acids is 1. The van der Waals surface area contributed by atoms with Gasteiger partial charge in [0.1, 0.15) is 0 Å². The Kier molecular flexibility index (Phi) is 3.58. The SMILES string of the molecule is CC(=O)O.CN1CC[C@]23c4c5ccc(O)c4O[C@H]2C(=O)CC[C@H]3[C@H]1C5. The smallest absolute Gasteiger partial charge is 0.300 e. The molecule has 2 bridgehead atoms. The number of aromatic hydroxyl groups is 1. The summed E-state index contributed by atoms with van der Waals surface area (Å²) in [6.07, 6.45) is 3.18. The standard InChI is InChI=1S/C17H19NO3.C2H4O2/c1-18-7-6-17-10-3-5-13(20)16(17)21-15-12(19)4-2-9(14(15)17)8-11(10)18;1-2(3)4/h2,4,10-11,16,19H,3,5-8H2,1H3;1H3,(H,3,4)/t10-,11+,16-,17-;/m0./s1. The average Bonchev–Trinajstić information content (AvgIpc) is 2.90. The Morgan fingerprint density at radius 1 is 1.40 bits per heavy atom. The Hall–Kier alpha value is -2.08. The van der Waals surface area contributed by atoms with Crippen LogP contribution < -0.4 is 4.74 Å². The number of aliphatic carboxylic acids is 1. The molecule has 4 atom stereocenters. The van der Waals surface area contributed by atoms with Crippen molar-refractivity contribution in [2.75, 3.05) is 13.6 Å². The van der Waals surface area contributed by atoms with Crippen molar-refractivity contribution in [3.05, 3.63) is 23.3 Å². The van der Waals surface area contributed by atoms with Crippen LogP contribution in [0.3, 0.4) is 0 Å². The number of Topliss-reactive ketones (excluding diaryl/α,β-unsaturated/α-hetero) is 1. The van der Waals surface area contributed by atoms with Crippen molar-refractivity contribution in [2.45, 2.75) is 50.2 Å². The van der Waals surface area contributed by atoms with E-state index in [0.717, 1.165) is 38.3 Å². The van der Waals surface area contributed by atoms with Crippen molar-refractivity contribution in [3.63, 3.8) is 0 Å². The minimum absolute atomic E-state index is 0.172. The number of hydrogen-bond donors (Lipinski definition) is 2. The molecule has 1 saturated carbocycles. The van der Waals surface area contributed by atoms with Crippen molar-refractivity contribution in [3.8, 4) is 11.5 Å². The lowest BCUT2D eigenvalue weighted by Crippen LogP contribution is -2.65. The number of carbonyl (C=O) groups is 2. The zero-order valence-electron chi connectivity index (χ0n) is 14.5. The number of rotatable bonds is 0. The van der Waals surface area contributed by atoms with E-state index in [1.54, 1.807) is 6.07 Å². The highest BCUT2D eigenvalue weighted by Gasteiger charge is 2.65. The Morgan fingerprint density at radius 2 is 2.12 bits per heavy atom. The second-order valence-electron chi connectivity index (χ2n) is 7.62. The van der Waals surface area contributed by atoms with E-state index < -0.39 is 5.97 Å². The Morgan fingerprint density at radius 3 is 2.84 bits per heavy atom. The van der Waals surface area contributed by atoms with Gasteiger partial charge in [0.2, 0.25) is 0 Å². The number of nitrogens with zero attached hydrogens (tertiary/aromatic N) is 1. The minimum atomic E-state index is -0.833. The Balaban J connectivity index is 0.000000358. The van der Waals surface area contributed by atoms with Gasteiger partial charge in [-0.2, -0.15) is 0 Å². The van der Waals surface area contributed by atoms with E-state index in [4.69, 9.17) is 14.6 Å². The predicted molar refractivity (Wildman–Crippen MR) is 90.0 cm³/mol. The molecule has 2 N–H and O–H groups in total. The molecule has 1 spiro atoms. The fraction of sp³-hybridized carbons (Fsp3) is 0.579. The molecule has 134 valence electrons. The number of carboxylic acid groups (broad SMARTS) is 1. The number of ketones is 1. The Labute approximate surface area is 146 Å². The number of benzene rings is 1. The number of hydrogen-bond acceptors (Lipinski definition) is 5. The summed E-state index contributed by atoms with van der Waals surface area (Å²) < 4.78 is 6.04. The minimum Gasteiger partial charge on any atom is -0.504 e. The van der Waals surface area contributed by atoms with E-state index in [9.17, 15) is 9.90 Å². The van der Waals surface area contributed by atoms with Crippen LogP contribution in [0.25, 0.3) is 0 Å². The molecule has 0 radical (unpaired) electrons. The largest absolute Gasteiger partial charge is 0.504 e. The maximum absolute atomic E-state index is 12.5. The van der Waals surface area contributed by atoms with Gasteiger partial charge >= 0.3 is 0 Å². The van der Waals surface area contributed by atoms with Gasteiger partial charge in [0.05, 0.1) is 0 Å². The third kappa shape index (κ3) is 2.13. The maximum atomic E-state index is 12.5. The lowest BCUT2D eigenvalue weighted by atomic mass is 9.52. The summed E-state index contributed by atoms with van der Waals surface area (Å²) in [6.45, 7) is 2.09. The molecule has 1 aromatic rings. The molecule has 6 heteroatoms. The molecular weight excluding hydrogens is 322 g/mol. The zero-order chi connectivity index (χ0) is 17.9. The van der Waals surface area contributed by atoms with Crippen molar-refractivity contribution in [2.24, 2.45) is 5.92 Å². The van der Waals surface area contributed by atoms with Crippen molar-refractivity contribution in [1.82, 2.24) is 4.90 Å². The number of phenolic OH excluding ortho intramolecular Hbond substituents is 1. The van der Waals surface area contributed by atoms with Crippen LogP contribution in [0, 0.1) is 5.92 Å². The summed E-state index contributed by atoms with van der Waals surface area (Å²) in [4.78, 5) is 23.9. The first-order valence-corrected chi connectivity index (χ1v) is 8.80. The molecule has 0 aromatic heterocycles. The van der Waals surface area contributed by atoms with E-state index >= 15 is 0 Å². The van der Waals surface area contributed by atoms with Crippen molar-refractivity contribution < 1.29 is 24.5 Å². The van der Waals surface area contributed by atoms with E-state index in [0.29, 0.717) is 24.1 Å². The fourth-order valence-electron chi connectivity index (χ4n) is 5.52. The molecule has 5 rings (SSSR count). The van der Waals surface area contributed by atoms with E-state index in [2.05, 4.69) is 11.9 Å². The van der Waals surface area contributed by atoms with E-state index in [1.165, 1.54) is 5.56 Å². The van der Waals surface area contributed by atoms with Crippen LogP contribution in [-0.2, 0) is 21.4 Å². The van der Waals surface area contributed by atoms with Gasteiger partial charge in [0.15, 0.2) is 23.4 Å². The molecule has 1 aromatic carbocycles. The molecular formula is C19H23NO5. The highest BCUT2D eigenvalue weighted by molar-refractivity contribution is 5.89. The van der Waals surface area contributed by atoms with Crippen molar-refractivity contribution >= 4 is 11.8 Å². The molecule has 2 aliphatic carbocycles. The van der Waals surface area contributed by atoms with E-state index in [-0.39, 0.29) is 23.1 Å². The summed E-state index contributed by atoms with van der Waals surface area (Å²) in [5.74, 6) is 0.662. The van der Waals surface area contributed by atoms with Crippen LogP contribution in [0.2, 0.25) is 0 Å². The second kappa shape index (κ2) is 5.46. The van der Waals surface area contributed by atoms with Gasteiger partial charge < -0.3 is 19.8 Å². The van der Waals surface area contributed by atoms with Crippen LogP contribution in [0.15, 0.2) is 12.1 Å². The van der Waals surface area contributed by atoms with Crippen LogP contribution in [0.5, 0.6) is 11.5 Å². The van der Waals surface area contributed by atoms with Gasteiger partial charge in [-0.1, -0.05) is 6.07 Å². The van der Waals surface area contributed by atoms with Crippen molar-refractivity contribution in [1.29, 1.82) is 0 Å². The number of piperidine rings is 1. The molecule has 6 nitrogen and oxygen atoms in total. The lowest BCUT2D eigenvalue weighted by molar-refractivity contribution is -0.138. The van der Waals surface area contributed by atoms with Crippen LogP contribution in [-0.4, -0.2) is 52.6 Å². The van der Waals surface area contributed by atoms with E-state index in [1.807, 2.05) is 6.07 Å². The molecule has 2 heterocycles. The predicted octanol–water partition coefficient (Wildman–Crippen LogP) is 1.72. The summed E-state index contributed by atoms with van der Waals surface area (Å²) in [7, 11) is 2.20. The molecule has 1 saturated heterocycles. The first-order chi connectivity index (χ1) is 11.9. The molecule has 25 heavy (non-hydrogen) atoms. The van der Waals surface area contributed by atoms with Gasteiger partial charge in [0, 0.05) is 30.4 Å². The van der Waals surface area contributed by atoms with Crippen LogP contribution >= 0.6 is 0 Å². The van der Waals surface area contributed by atoms with Crippen LogP contribution in [0.4, 0.5) is 0 Å². The Bertz CT molecular complexity index is 756. The number of carbonyl (C=O) groups excluding carboxylic acids is 1. The summed E-state index contributed by atoms with van der Waals surface area (Å²) >= 11 is 0. The summed E-state index contributed by atoms with van der Waals surface area (Å²) in [6, 6.07) is 4.26. The second-order valence-corrected chi connectivity index (χ2v) is 7.62. The quantitative estimate of drug-likeness (QED) is 0.744. The molecule has 0 unspecified atom stereocenters. The molecule has 2 aliphatic heterocycles. The third-order valence-corrected chi connectivity index (χ3v) is 6.39. The van der Waals surface area contributed by atoms with Crippen LogP contribution in [0.1, 0.15) is 37.3 Å². The van der Waals surface area contributed by atoms with Gasteiger partial charge in [-0.05, 0) is 50.4 Å². The molecule has 2 fully saturated rings. The highest BCUT2D eigenvalue weighted by Crippen LogP contribution is 2.62. The first-order valence-electron chi connectivity index (χ1n) is 8.80.